The Morgan fingerprint density at radius 3 is 2.52 bits per heavy atom. The number of aryl methyl sites for hydroxylation is 1. The van der Waals surface area contributed by atoms with Crippen LogP contribution in [-0.4, -0.2) is 21.3 Å². The van der Waals surface area contributed by atoms with Crippen molar-refractivity contribution < 1.29 is 22.7 Å². The number of halogens is 3. The van der Waals surface area contributed by atoms with Gasteiger partial charge in [0.2, 0.25) is 0 Å². The van der Waals surface area contributed by atoms with Crippen LogP contribution in [-0.2, 0) is 13.6 Å². The van der Waals surface area contributed by atoms with E-state index in [-0.39, 0.29) is 35.6 Å². The summed E-state index contributed by atoms with van der Waals surface area (Å²) in [5, 5.41) is 0.126. The molecular formula is C23H25F3N2O4S. The summed E-state index contributed by atoms with van der Waals surface area (Å²) in [6.45, 7) is 5.87. The molecule has 0 bridgehead atoms. The van der Waals surface area contributed by atoms with E-state index in [0.717, 1.165) is 28.4 Å². The summed E-state index contributed by atoms with van der Waals surface area (Å²) in [6.07, 6.45) is -3.34. The van der Waals surface area contributed by atoms with Gasteiger partial charge in [-0.05, 0) is 30.0 Å². The number of unbranched alkanes of at least 4 members (excludes halogenated alkanes) is 1. The van der Waals surface area contributed by atoms with Crippen molar-refractivity contribution in [1.29, 1.82) is 0 Å². The Hall–Kier alpha value is -2.88. The molecule has 0 fully saturated rings. The number of aromatic nitrogens is 2. The average Bonchev–Trinajstić information content (AvgIpc) is 3.12. The summed E-state index contributed by atoms with van der Waals surface area (Å²) in [5.74, 6) is -0.741. The van der Waals surface area contributed by atoms with Crippen LogP contribution in [0.15, 0.2) is 33.9 Å². The van der Waals surface area contributed by atoms with Crippen molar-refractivity contribution in [1.82, 2.24) is 9.13 Å². The number of benzene rings is 1. The quantitative estimate of drug-likeness (QED) is 0.406. The third kappa shape index (κ3) is 5.21. The predicted molar refractivity (Wildman–Crippen MR) is 122 cm³/mol. The molecule has 0 N–H and O–H groups in total. The molecule has 1 aromatic carbocycles. The molecule has 0 aliphatic rings. The minimum absolute atomic E-state index is 0.00459. The summed E-state index contributed by atoms with van der Waals surface area (Å²) < 4.78 is 44.7. The number of fused-ring (bicyclic) bond motifs is 1. The van der Waals surface area contributed by atoms with E-state index >= 15 is 0 Å². The number of alkyl halides is 3. The molecule has 0 radical (unpaired) electrons. The molecule has 3 rings (SSSR count). The zero-order valence-corrected chi connectivity index (χ0v) is 19.6. The van der Waals surface area contributed by atoms with E-state index in [1.165, 1.54) is 23.7 Å². The monoisotopic (exact) mass is 482 g/mol. The number of nitrogens with zero attached hydrogens (tertiary/aromatic N) is 2. The van der Waals surface area contributed by atoms with Crippen LogP contribution in [0.25, 0.3) is 20.7 Å². The van der Waals surface area contributed by atoms with E-state index in [0.29, 0.717) is 21.7 Å². The molecule has 0 atom stereocenters. The summed E-state index contributed by atoms with van der Waals surface area (Å²) in [5.41, 5.74) is -0.611. The van der Waals surface area contributed by atoms with E-state index in [4.69, 9.17) is 0 Å². The van der Waals surface area contributed by atoms with Gasteiger partial charge in [-0.15, -0.1) is 24.5 Å². The van der Waals surface area contributed by atoms with Crippen LogP contribution in [0.1, 0.15) is 50.4 Å². The van der Waals surface area contributed by atoms with Gasteiger partial charge in [0, 0.05) is 24.9 Å². The lowest BCUT2D eigenvalue weighted by Gasteiger charge is -2.11. The van der Waals surface area contributed by atoms with Gasteiger partial charge in [0.1, 0.15) is 10.6 Å². The van der Waals surface area contributed by atoms with Gasteiger partial charge in [-0.2, -0.15) is 0 Å². The molecule has 0 amide bonds. The fourth-order valence-electron chi connectivity index (χ4n) is 3.63. The van der Waals surface area contributed by atoms with Gasteiger partial charge in [-0.3, -0.25) is 18.7 Å². The number of carbonyl (C=O) groups excluding carboxylic acids is 1. The lowest BCUT2D eigenvalue weighted by atomic mass is 9.97. The number of rotatable bonds is 8. The van der Waals surface area contributed by atoms with Crippen molar-refractivity contribution in [3.63, 3.8) is 0 Å². The Balaban J connectivity index is 2.34. The van der Waals surface area contributed by atoms with Crippen LogP contribution in [0.4, 0.5) is 13.2 Å². The summed E-state index contributed by atoms with van der Waals surface area (Å²) in [6, 6.07) is 5.27. The average molecular weight is 483 g/mol. The molecule has 0 spiro atoms. The van der Waals surface area contributed by atoms with Crippen molar-refractivity contribution >= 4 is 27.3 Å². The van der Waals surface area contributed by atoms with Crippen molar-refractivity contribution in [2.24, 2.45) is 13.0 Å². The predicted octanol–water partition coefficient (Wildman–Crippen LogP) is 5.36. The number of ether oxygens (including phenoxy) is 1. The van der Waals surface area contributed by atoms with Crippen molar-refractivity contribution in [2.75, 3.05) is 0 Å². The number of hydrogen-bond donors (Lipinski definition) is 0. The molecule has 0 unspecified atom stereocenters. The number of ketones is 1. The molecule has 33 heavy (non-hydrogen) atoms. The number of Topliss-reactive ketones (excluding diaryl/α,β-unsaturated/α-hetero) is 1. The minimum Gasteiger partial charge on any atom is -0.406 e. The Labute approximate surface area is 192 Å². The second kappa shape index (κ2) is 9.54. The van der Waals surface area contributed by atoms with Gasteiger partial charge >= 0.3 is 12.1 Å². The first-order valence-electron chi connectivity index (χ1n) is 10.6. The largest absolute Gasteiger partial charge is 0.573 e. The fraction of sp³-hybridized carbons (Fsp3) is 0.435. The zero-order valence-electron chi connectivity index (χ0n) is 18.8. The van der Waals surface area contributed by atoms with Crippen LogP contribution < -0.4 is 16.0 Å². The first-order valence-corrected chi connectivity index (χ1v) is 11.4. The summed E-state index contributed by atoms with van der Waals surface area (Å²) in [7, 11) is 1.52. The number of thiophene rings is 1. The van der Waals surface area contributed by atoms with E-state index in [1.807, 2.05) is 20.8 Å². The van der Waals surface area contributed by atoms with Crippen molar-refractivity contribution in [3.05, 3.63) is 50.7 Å². The molecule has 2 aromatic heterocycles. The molecule has 6 nitrogen and oxygen atoms in total. The second-order valence-corrected chi connectivity index (χ2v) is 9.23. The third-order valence-electron chi connectivity index (χ3n) is 5.11. The lowest BCUT2D eigenvalue weighted by Crippen LogP contribution is -2.39. The molecule has 0 aliphatic heterocycles. The highest BCUT2D eigenvalue weighted by Gasteiger charge is 2.32. The molecular weight excluding hydrogens is 457 g/mol. The molecule has 0 saturated carbocycles. The number of carbonyl (C=O) groups is 1. The SMILES string of the molecule is CCCCn1c(=O)c2c(C(=O)CC(C)C)c(-c3cccc(OC(F)(F)F)c3)sc2n(C)c1=O. The maximum absolute atomic E-state index is 13.3. The van der Waals surface area contributed by atoms with Crippen LogP contribution in [0, 0.1) is 5.92 Å². The fourth-order valence-corrected chi connectivity index (χ4v) is 4.90. The van der Waals surface area contributed by atoms with Crippen LogP contribution in [0.3, 0.4) is 0 Å². The highest BCUT2D eigenvalue weighted by Crippen LogP contribution is 2.39. The Morgan fingerprint density at radius 1 is 1.21 bits per heavy atom. The zero-order chi connectivity index (χ0) is 24.5. The van der Waals surface area contributed by atoms with Crippen LogP contribution in [0.2, 0.25) is 0 Å². The highest BCUT2D eigenvalue weighted by atomic mass is 32.1. The summed E-state index contributed by atoms with van der Waals surface area (Å²) >= 11 is 1.04. The lowest BCUT2D eigenvalue weighted by molar-refractivity contribution is -0.274. The van der Waals surface area contributed by atoms with Gasteiger partial charge in [-0.25, -0.2) is 4.79 Å². The molecule has 10 heteroatoms. The normalized spacial score (nSPS) is 12.0. The van der Waals surface area contributed by atoms with Gasteiger partial charge in [0.25, 0.3) is 5.56 Å². The van der Waals surface area contributed by atoms with Gasteiger partial charge < -0.3 is 4.74 Å². The van der Waals surface area contributed by atoms with Crippen LogP contribution in [0.5, 0.6) is 5.75 Å². The maximum atomic E-state index is 13.3. The van der Waals surface area contributed by atoms with E-state index in [9.17, 15) is 27.6 Å². The third-order valence-corrected chi connectivity index (χ3v) is 6.42. The van der Waals surface area contributed by atoms with Crippen molar-refractivity contribution in [3.8, 4) is 16.2 Å². The Morgan fingerprint density at radius 2 is 1.91 bits per heavy atom. The smallest absolute Gasteiger partial charge is 0.406 e. The minimum atomic E-state index is -4.87. The Kier molecular flexibility index (Phi) is 7.16. The van der Waals surface area contributed by atoms with E-state index < -0.39 is 23.4 Å². The Bertz CT molecular complexity index is 1300. The van der Waals surface area contributed by atoms with Crippen LogP contribution >= 0.6 is 11.3 Å². The van der Waals surface area contributed by atoms with E-state index in [1.54, 1.807) is 6.07 Å². The maximum Gasteiger partial charge on any atom is 0.573 e. The second-order valence-electron chi connectivity index (χ2n) is 8.24. The first-order chi connectivity index (χ1) is 15.4. The molecule has 2 heterocycles. The molecule has 0 aliphatic carbocycles. The van der Waals surface area contributed by atoms with Gasteiger partial charge in [0.15, 0.2) is 5.78 Å². The van der Waals surface area contributed by atoms with E-state index in [2.05, 4.69) is 4.74 Å². The first kappa shape index (κ1) is 24.8. The molecule has 178 valence electrons. The highest BCUT2D eigenvalue weighted by molar-refractivity contribution is 7.22. The van der Waals surface area contributed by atoms with Gasteiger partial charge in [0.05, 0.1) is 10.9 Å². The summed E-state index contributed by atoms with van der Waals surface area (Å²) in [4.78, 5) is 40.1. The standard InChI is InChI=1S/C23H25F3N2O4S/c1-5-6-10-28-20(30)18-17(16(29)11-13(2)3)19(33-21(18)27(4)22(28)31)14-8-7-9-15(12-14)32-23(24,25)26/h7-9,12-13H,5-6,10-11H2,1-4H3. The molecule has 0 saturated heterocycles. The van der Waals surface area contributed by atoms with Crippen molar-refractivity contribution in [2.45, 2.75) is 52.9 Å². The van der Waals surface area contributed by atoms with Gasteiger partial charge in [-0.1, -0.05) is 39.3 Å². The topological polar surface area (TPSA) is 70.3 Å². The molecule has 3 aromatic rings. The number of hydrogen-bond acceptors (Lipinski definition) is 5.